The molecule has 0 atom stereocenters. The van der Waals surface area contributed by atoms with Crippen LogP contribution in [0.15, 0.2) is 12.3 Å². The molecule has 1 amide bonds. The van der Waals surface area contributed by atoms with Crippen molar-refractivity contribution in [3.05, 3.63) is 18.0 Å². The largest absolute Gasteiger partial charge is 0.450 e. The van der Waals surface area contributed by atoms with Crippen LogP contribution in [0.1, 0.15) is 50.6 Å². The number of hydrogen-bond donors (Lipinski definition) is 0. The van der Waals surface area contributed by atoms with Crippen LogP contribution in [0.3, 0.4) is 0 Å². The fourth-order valence-corrected chi connectivity index (χ4v) is 5.29. The highest BCUT2D eigenvalue weighted by Gasteiger charge is 2.51. The Morgan fingerprint density at radius 1 is 1.37 bits per heavy atom. The fraction of sp³-hybridized carbons (Fsp3) is 0.750. The van der Waals surface area contributed by atoms with Crippen molar-refractivity contribution in [1.29, 1.82) is 5.26 Å². The van der Waals surface area contributed by atoms with Crippen LogP contribution in [0.2, 0.25) is 0 Å². The standard InChI is InChI=1S/C20H29N5O2/c1-2-27-19(26)24-11-6-20(15-24)13-17(14-20)23-9-4-16(5-10-23)18-3-8-22-25(18)12-7-21/h3,8,16-17H,2,4-6,9-15H2,1H3. The molecule has 0 radical (unpaired) electrons. The molecule has 0 N–H and O–H groups in total. The maximum Gasteiger partial charge on any atom is 0.409 e. The normalized spacial score (nSPS) is 28.9. The summed E-state index contributed by atoms with van der Waals surface area (Å²) < 4.78 is 7.00. The van der Waals surface area contributed by atoms with E-state index in [9.17, 15) is 4.79 Å². The molecule has 1 aromatic heterocycles. The first-order valence-corrected chi connectivity index (χ1v) is 10.2. The molecule has 2 aliphatic heterocycles. The van der Waals surface area contributed by atoms with Crippen LogP contribution in [-0.4, -0.2) is 64.5 Å². The molecule has 0 aromatic carbocycles. The minimum atomic E-state index is -0.146. The van der Waals surface area contributed by atoms with Crippen molar-refractivity contribution >= 4 is 6.09 Å². The third-order valence-corrected chi connectivity index (χ3v) is 6.74. The van der Waals surface area contributed by atoms with Crippen molar-refractivity contribution in [2.75, 3.05) is 32.8 Å². The average molecular weight is 371 g/mol. The van der Waals surface area contributed by atoms with Gasteiger partial charge in [0.05, 0.1) is 12.7 Å². The average Bonchev–Trinajstić information content (AvgIpc) is 3.29. The van der Waals surface area contributed by atoms with Crippen molar-refractivity contribution < 1.29 is 9.53 Å². The predicted molar refractivity (Wildman–Crippen MR) is 100 cm³/mol. The van der Waals surface area contributed by atoms with E-state index in [4.69, 9.17) is 10.00 Å². The lowest BCUT2D eigenvalue weighted by Crippen LogP contribution is -2.54. The molecule has 3 fully saturated rings. The molecule has 3 heterocycles. The van der Waals surface area contributed by atoms with Gasteiger partial charge < -0.3 is 14.5 Å². The van der Waals surface area contributed by atoms with E-state index in [0.29, 0.717) is 30.5 Å². The molecular formula is C20H29N5O2. The van der Waals surface area contributed by atoms with Crippen LogP contribution >= 0.6 is 0 Å². The Hall–Kier alpha value is -2.07. The van der Waals surface area contributed by atoms with E-state index in [0.717, 1.165) is 45.4 Å². The van der Waals surface area contributed by atoms with Gasteiger partial charge in [-0.3, -0.25) is 4.68 Å². The van der Waals surface area contributed by atoms with Crippen molar-refractivity contribution in [3.8, 4) is 6.07 Å². The number of amides is 1. The number of nitriles is 1. The Morgan fingerprint density at radius 2 is 2.15 bits per heavy atom. The Bertz CT molecular complexity index is 710. The molecule has 0 unspecified atom stereocenters. The van der Waals surface area contributed by atoms with Gasteiger partial charge in [0.15, 0.2) is 0 Å². The summed E-state index contributed by atoms with van der Waals surface area (Å²) in [5.41, 5.74) is 1.54. The molecule has 7 heteroatoms. The van der Waals surface area contributed by atoms with Gasteiger partial charge in [-0.25, -0.2) is 4.79 Å². The van der Waals surface area contributed by atoms with E-state index in [1.807, 2.05) is 22.7 Å². The minimum absolute atomic E-state index is 0.146. The fourth-order valence-electron chi connectivity index (χ4n) is 5.29. The number of carbonyl (C=O) groups excluding carboxylic acids is 1. The third kappa shape index (κ3) is 3.55. The predicted octanol–water partition coefficient (Wildman–Crippen LogP) is 2.60. The van der Waals surface area contributed by atoms with E-state index in [2.05, 4.69) is 22.1 Å². The maximum absolute atomic E-state index is 11.9. The highest BCUT2D eigenvalue weighted by molar-refractivity contribution is 5.68. The van der Waals surface area contributed by atoms with Crippen molar-refractivity contribution in [2.45, 2.75) is 57.5 Å². The first-order chi connectivity index (χ1) is 13.1. The van der Waals surface area contributed by atoms with Crippen LogP contribution < -0.4 is 0 Å². The molecule has 7 nitrogen and oxygen atoms in total. The zero-order chi connectivity index (χ0) is 18.9. The molecule has 1 aliphatic carbocycles. The summed E-state index contributed by atoms with van der Waals surface area (Å²) in [7, 11) is 0. The summed E-state index contributed by atoms with van der Waals surface area (Å²) in [4.78, 5) is 16.5. The number of nitrogens with zero attached hydrogens (tertiary/aromatic N) is 5. The summed E-state index contributed by atoms with van der Waals surface area (Å²) >= 11 is 0. The van der Waals surface area contributed by atoms with E-state index in [-0.39, 0.29) is 6.09 Å². The van der Waals surface area contributed by atoms with E-state index in [1.165, 1.54) is 18.5 Å². The van der Waals surface area contributed by atoms with Gasteiger partial charge in [-0.1, -0.05) is 0 Å². The molecule has 1 spiro atoms. The molecule has 0 bridgehead atoms. The number of hydrogen-bond acceptors (Lipinski definition) is 5. The Labute approximate surface area is 160 Å². The first-order valence-electron chi connectivity index (χ1n) is 10.2. The molecule has 3 aliphatic rings. The van der Waals surface area contributed by atoms with Gasteiger partial charge in [0.2, 0.25) is 0 Å². The molecular weight excluding hydrogens is 342 g/mol. The van der Waals surface area contributed by atoms with E-state index < -0.39 is 0 Å². The van der Waals surface area contributed by atoms with Gasteiger partial charge in [-0.05, 0) is 63.6 Å². The lowest BCUT2D eigenvalue weighted by molar-refractivity contribution is -0.00505. The number of rotatable bonds is 4. The lowest BCUT2D eigenvalue weighted by atomic mass is 9.64. The molecule has 27 heavy (non-hydrogen) atoms. The van der Waals surface area contributed by atoms with Crippen LogP contribution in [0.5, 0.6) is 0 Å². The van der Waals surface area contributed by atoms with Gasteiger partial charge in [0, 0.05) is 36.9 Å². The second-order valence-corrected chi connectivity index (χ2v) is 8.31. The quantitative estimate of drug-likeness (QED) is 0.813. The maximum atomic E-state index is 11.9. The zero-order valence-corrected chi connectivity index (χ0v) is 16.1. The van der Waals surface area contributed by atoms with Gasteiger partial charge >= 0.3 is 6.09 Å². The van der Waals surface area contributed by atoms with Gasteiger partial charge in [-0.15, -0.1) is 0 Å². The monoisotopic (exact) mass is 371 g/mol. The molecule has 2 saturated heterocycles. The Kier molecular flexibility index (Phi) is 5.09. The number of piperidine rings is 1. The van der Waals surface area contributed by atoms with E-state index in [1.54, 1.807) is 0 Å². The van der Waals surface area contributed by atoms with Crippen molar-refractivity contribution in [3.63, 3.8) is 0 Å². The Balaban J connectivity index is 1.26. The van der Waals surface area contributed by atoms with Gasteiger partial charge in [0.1, 0.15) is 6.54 Å². The summed E-state index contributed by atoms with van der Waals surface area (Å²) in [6.07, 6.45) is 7.47. The van der Waals surface area contributed by atoms with Crippen LogP contribution in [-0.2, 0) is 11.3 Å². The van der Waals surface area contributed by atoms with Crippen LogP contribution in [0, 0.1) is 16.7 Å². The lowest BCUT2D eigenvalue weighted by Gasteiger charge is -2.51. The molecule has 4 rings (SSSR count). The number of likely N-dealkylation sites (tertiary alicyclic amines) is 2. The number of ether oxygens (including phenoxy) is 1. The smallest absolute Gasteiger partial charge is 0.409 e. The molecule has 146 valence electrons. The molecule has 1 aromatic rings. The second-order valence-electron chi connectivity index (χ2n) is 8.31. The minimum Gasteiger partial charge on any atom is -0.450 e. The van der Waals surface area contributed by atoms with Crippen molar-refractivity contribution in [1.82, 2.24) is 19.6 Å². The van der Waals surface area contributed by atoms with Crippen LogP contribution in [0.25, 0.3) is 0 Å². The Morgan fingerprint density at radius 3 is 2.85 bits per heavy atom. The number of carbonyl (C=O) groups is 1. The third-order valence-electron chi connectivity index (χ3n) is 6.74. The summed E-state index contributed by atoms with van der Waals surface area (Å²) in [5, 5.41) is 13.2. The molecule has 1 saturated carbocycles. The highest BCUT2D eigenvalue weighted by Crippen LogP contribution is 2.51. The number of aromatic nitrogens is 2. The topological polar surface area (TPSA) is 74.4 Å². The second kappa shape index (κ2) is 7.51. The summed E-state index contributed by atoms with van der Waals surface area (Å²) in [6, 6.07) is 4.93. The summed E-state index contributed by atoms with van der Waals surface area (Å²) in [6.45, 7) is 6.59. The van der Waals surface area contributed by atoms with Gasteiger partial charge in [0.25, 0.3) is 0 Å². The highest BCUT2D eigenvalue weighted by atomic mass is 16.6. The van der Waals surface area contributed by atoms with Crippen molar-refractivity contribution in [2.24, 2.45) is 5.41 Å². The van der Waals surface area contributed by atoms with Gasteiger partial charge in [-0.2, -0.15) is 10.4 Å². The van der Waals surface area contributed by atoms with Crippen LogP contribution in [0.4, 0.5) is 4.79 Å². The van der Waals surface area contributed by atoms with E-state index >= 15 is 0 Å². The zero-order valence-electron chi connectivity index (χ0n) is 16.1. The first kappa shape index (κ1) is 18.3. The SMILES string of the molecule is CCOC(=O)N1CCC2(CC(N3CCC(c4ccnn4CC#N)CC3)C2)C1. The summed E-state index contributed by atoms with van der Waals surface area (Å²) in [5.74, 6) is 0.511.